The smallest absolute Gasteiger partial charge is 0.225 e. The highest BCUT2D eigenvalue weighted by molar-refractivity contribution is 6.35. The van der Waals surface area contributed by atoms with Crippen LogP contribution in [0.25, 0.3) is 10.9 Å². The van der Waals surface area contributed by atoms with Gasteiger partial charge in [-0.1, -0.05) is 23.6 Å². The maximum absolute atomic E-state index is 12.4. The lowest BCUT2D eigenvalue weighted by Gasteiger charge is -2.27. The number of amides is 1. The third kappa shape index (κ3) is 3.52. The Hall–Kier alpha value is -1.96. The van der Waals surface area contributed by atoms with Gasteiger partial charge in [0.1, 0.15) is 0 Å². The van der Waals surface area contributed by atoms with Crippen molar-refractivity contribution in [2.45, 2.75) is 25.3 Å². The molecule has 2 heterocycles. The van der Waals surface area contributed by atoms with Crippen LogP contribution >= 0.6 is 11.6 Å². The molecule has 0 saturated carbocycles. The van der Waals surface area contributed by atoms with Crippen LogP contribution in [0.4, 0.5) is 0 Å². The van der Waals surface area contributed by atoms with E-state index in [4.69, 9.17) is 22.8 Å². The molecule has 3 rings (SSSR count). The van der Waals surface area contributed by atoms with Crippen LogP contribution in [-0.2, 0) is 16.0 Å². The molecule has 0 spiro atoms. The summed E-state index contributed by atoms with van der Waals surface area (Å²) < 4.78 is 5.35. The van der Waals surface area contributed by atoms with E-state index in [-0.39, 0.29) is 24.3 Å². The molecule has 2 N–H and O–H groups in total. The third-order valence-corrected chi connectivity index (χ3v) is 4.64. The summed E-state index contributed by atoms with van der Waals surface area (Å²) in [4.78, 5) is 15.5. The molecule has 1 fully saturated rings. The van der Waals surface area contributed by atoms with Crippen molar-refractivity contribution in [3.8, 4) is 12.3 Å². The number of carbonyl (C=O) groups excluding carboxylic acids is 1. The zero-order valence-electron chi connectivity index (χ0n) is 12.8. The molecule has 23 heavy (non-hydrogen) atoms. The van der Waals surface area contributed by atoms with Crippen molar-refractivity contribution in [1.29, 1.82) is 0 Å². The number of terminal acetylenes is 1. The summed E-state index contributed by atoms with van der Waals surface area (Å²) in [6, 6.07) is 5.40. The fraction of sp³-hybridized carbons (Fsp3) is 0.389. The van der Waals surface area contributed by atoms with E-state index in [2.05, 4.69) is 16.2 Å². The predicted octanol–water partition coefficient (Wildman–Crippen LogP) is 2.91. The van der Waals surface area contributed by atoms with Gasteiger partial charge in [-0.3, -0.25) is 4.79 Å². The van der Waals surface area contributed by atoms with E-state index in [1.54, 1.807) is 0 Å². The maximum atomic E-state index is 12.4. The van der Waals surface area contributed by atoms with Gasteiger partial charge in [-0.25, -0.2) is 0 Å². The van der Waals surface area contributed by atoms with Crippen LogP contribution in [0.5, 0.6) is 0 Å². The first-order valence-corrected chi connectivity index (χ1v) is 8.14. The van der Waals surface area contributed by atoms with Gasteiger partial charge in [-0.2, -0.15) is 0 Å². The second-order valence-electron chi connectivity index (χ2n) is 5.81. The highest BCUT2D eigenvalue weighted by Crippen LogP contribution is 2.27. The van der Waals surface area contributed by atoms with Crippen LogP contribution in [0.3, 0.4) is 0 Å². The molecule has 1 aromatic carbocycles. The molecule has 1 saturated heterocycles. The van der Waals surface area contributed by atoms with Gasteiger partial charge in [0.15, 0.2) is 0 Å². The summed E-state index contributed by atoms with van der Waals surface area (Å²) in [7, 11) is 0. The topological polar surface area (TPSA) is 54.1 Å². The summed E-state index contributed by atoms with van der Waals surface area (Å²) in [5.74, 6) is 2.91. The summed E-state index contributed by atoms with van der Waals surface area (Å²) in [5, 5.41) is 4.51. The first-order chi connectivity index (χ1) is 11.2. The van der Waals surface area contributed by atoms with Crippen LogP contribution in [-0.4, -0.2) is 30.1 Å². The number of hydrogen-bond acceptors (Lipinski definition) is 2. The minimum Gasteiger partial charge on any atom is -0.381 e. The maximum Gasteiger partial charge on any atom is 0.225 e. The van der Waals surface area contributed by atoms with Gasteiger partial charge in [0.2, 0.25) is 5.91 Å². The lowest BCUT2D eigenvalue weighted by Crippen LogP contribution is -2.42. The van der Waals surface area contributed by atoms with Gasteiger partial charge in [-0.05, 0) is 36.5 Å². The second kappa shape index (κ2) is 7.08. The number of H-pyrrole nitrogens is 1. The molecule has 1 aliphatic rings. The minimum atomic E-state index is -0.243. The van der Waals surface area contributed by atoms with Crippen molar-refractivity contribution in [1.82, 2.24) is 10.3 Å². The van der Waals surface area contributed by atoms with E-state index in [0.29, 0.717) is 18.2 Å². The van der Waals surface area contributed by atoms with E-state index in [9.17, 15) is 4.79 Å². The van der Waals surface area contributed by atoms with Gasteiger partial charge in [-0.15, -0.1) is 6.42 Å². The van der Waals surface area contributed by atoms with E-state index in [0.717, 1.165) is 29.3 Å². The normalized spacial score (nSPS) is 16.9. The molecule has 0 radical (unpaired) electrons. The summed E-state index contributed by atoms with van der Waals surface area (Å²) >= 11 is 6.24. The molecule has 4 nitrogen and oxygen atoms in total. The molecule has 0 aliphatic carbocycles. The van der Waals surface area contributed by atoms with Gasteiger partial charge in [0.25, 0.3) is 0 Å². The van der Waals surface area contributed by atoms with Crippen LogP contribution in [0.1, 0.15) is 18.4 Å². The molecule has 1 atom stereocenters. The molecule has 1 amide bonds. The summed E-state index contributed by atoms with van der Waals surface area (Å²) in [6.07, 6.45) is 9.46. The Labute approximate surface area is 140 Å². The van der Waals surface area contributed by atoms with Crippen LogP contribution < -0.4 is 5.32 Å². The number of halogens is 1. The van der Waals surface area contributed by atoms with Crippen LogP contribution in [0.15, 0.2) is 24.4 Å². The average molecular weight is 331 g/mol. The Morgan fingerprint density at radius 2 is 2.26 bits per heavy atom. The van der Waals surface area contributed by atoms with E-state index in [1.165, 1.54) is 0 Å². The molecule has 1 unspecified atom stereocenters. The number of benzene rings is 1. The number of ether oxygens (including phenoxy) is 1. The highest BCUT2D eigenvalue weighted by atomic mass is 35.5. The second-order valence-corrected chi connectivity index (χ2v) is 6.22. The van der Waals surface area contributed by atoms with Crippen molar-refractivity contribution < 1.29 is 9.53 Å². The highest BCUT2D eigenvalue weighted by Gasteiger charge is 2.24. The zero-order valence-corrected chi connectivity index (χ0v) is 13.5. The number of hydrogen-bond donors (Lipinski definition) is 2. The summed E-state index contributed by atoms with van der Waals surface area (Å²) in [6.45, 7) is 1.41. The van der Waals surface area contributed by atoms with Crippen LogP contribution in [0, 0.1) is 18.3 Å². The molecule has 120 valence electrons. The van der Waals surface area contributed by atoms with E-state index in [1.807, 2.05) is 24.4 Å². The molecular weight excluding hydrogens is 312 g/mol. The van der Waals surface area contributed by atoms with Crippen molar-refractivity contribution in [2.24, 2.45) is 5.92 Å². The Kier molecular flexibility index (Phi) is 4.90. The number of nitrogens with one attached hydrogen (secondary N) is 2. The molecule has 1 aliphatic heterocycles. The quantitative estimate of drug-likeness (QED) is 0.847. The Bertz CT molecular complexity index is 741. The summed E-state index contributed by atoms with van der Waals surface area (Å²) in [5.41, 5.74) is 1.81. The van der Waals surface area contributed by atoms with Crippen molar-refractivity contribution >= 4 is 28.4 Å². The first kappa shape index (κ1) is 15.9. The Balaban J connectivity index is 1.69. The molecule has 2 aromatic rings. The zero-order chi connectivity index (χ0) is 16.2. The standard InChI is InChI=1S/C18H19ClN2O2/c1-2-15(12-6-8-23-9-7-12)21-17(22)10-13-11-20-16-5-3-4-14(19)18(13)16/h1,3-5,11-12,15,20H,6-10H2,(H,21,22). The van der Waals surface area contributed by atoms with Gasteiger partial charge < -0.3 is 15.0 Å². The number of fused-ring (bicyclic) bond motifs is 1. The number of rotatable bonds is 4. The number of aromatic amines is 1. The Morgan fingerprint density at radius 1 is 1.48 bits per heavy atom. The monoisotopic (exact) mass is 330 g/mol. The van der Waals surface area contributed by atoms with Gasteiger partial charge >= 0.3 is 0 Å². The Morgan fingerprint density at radius 3 is 3.00 bits per heavy atom. The number of aromatic nitrogens is 1. The molecule has 0 bridgehead atoms. The first-order valence-electron chi connectivity index (χ1n) is 7.76. The lowest BCUT2D eigenvalue weighted by molar-refractivity contribution is -0.121. The molecule has 1 aromatic heterocycles. The largest absolute Gasteiger partial charge is 0.381 e. The SMILES string of the molecule is C#CC(NC(=O)Cc1c[nH]c2cccc(Cl)c12)C1CCOCC1. The predicted molar refractivity (Wildman–Crippen MR) is 91.3 cm³/mol. The fourth-order valence-corrected chi connectivity index (χ4v) is 3.39. The van der Waals surface area contributed by atoms with Crippen molar-refractivity contribution in [3.63, 3.8) is 0 Å². The fourth-order valence-electron chi connectivity index (χ4n) is 3.09. The van der Waals surface area contributed by atoms with Crippen LogP contribution in [0.2, 0.25) is 5.02 Å². The third-order valence-electron chi connectivity index (χ3n) is 4.32. The van der Waals surface area contributed by atoms with E-state index >= 15 is 0 Å². The number of carbonyl (C=O) groups is 1. The van der Waals surface area contributed by atoms with Gasteiger partial charge in [0.05, 0.1) is 17.5 Å². The van der Waals surface area contributed by atoms with Gasteiger partial charge in [0, 0.05) is 30.3 Å². The molecular formula is C18H19ClN2O2. The minimum absolute atomic E-state index is 0.0831. The van der Waals surface area contributed by atoms with E-state index < -0.39 is 0 Å². The van der Waals surface area contributed by atoms with Crippen molar-refractivity contribution in [3.05, 3.63) is 35.0 Å². The lowest BCUT2D eigenvalue weighted by atomic mass is 9.92. The van der Waals surface area contributed by atoms with Crippen molar-refractivity contribution in [2.75, 3.05) is 13.2 Å². The molecule has 5 heteroatoms. The average Bonchev–Trinajstić information content (AvgIpc) is 2.98.